The quantitative estimate of drug-likeness (QED) is 0.0703. The zero-order valence-electron chi connectivity index (χ0n) is 38.0. The fraction of sp³-hybridized carbons (Fsp3) is 0.411. The standard InChI is InChI=1S/C56H60O9/c1-34(2)43-23-19-35-17-20-38(21-18-35)44-24-22-40(39-14-10-13-37(30-39)29-36-11-6-5-7-12-36)31-41(44)32-49(58)62-52-50-48(65-56(3,42-15-8-9-16-42)53(52)64-54(43)59)26-25-45-47(33-57)46(27-28-61-4)55(60)63-51(45)50/h5-7,10-14,17-18,20-22,24-26,30,40-42,44,52-53,57H,8-9,15-16,19,23,27-29,31-33H2,1-4H3/t40-,41+,44+,52-,53+,56+/m1/s1. The summed E-state index contributed by atoms with van der Waals surface area (Å²) in [6.07, 6.45) is 8.87. The Morgan fingerprint density at radius 3 is 2.34 bits per heavy atom. The molecule has 5 aliphatic rings. The van der Waals surface area contributed by atoms with E-state index in [1.54, 1.807) is 19.2 Å². The number of carbonyl (C=O) groups excluding carboxylic acids is 2. The number of rotatable bonds is 8. The van der Waals surface area contributed by atoms with Crippen LogP contribution in [0, 0.1) is 11.8 Å². The Morgan fingerprint density at radius 1 is 0.831 bits per heavy atom. The van der Waals surface area contributed by atoms with Gasteiger partial charge in [0.25, 0.3) is 0 Å². The molecule has 9 heteroatoms. The van der Waals surface area contributed by atoms with Gasteiger partial charge in [-0.2, -0.15) is 0 Å². The third kappa shape index (κ3) is 8.97. The lowest BCUT2D eigenvalue weighted by Crippen LogP contribution is -2.58. The largest absolute Gasteiger partial charge is 0.483 e. The molecule has 5 aromatic rings. The van der Waals surface area contributed by atoms with Crippen LogP contribution in [-0.2, 0) is 49.7 Å². The Morgan fingerprint density at radius 2 is 1.60 bits per heavy atom. The molecule has 1 saturated carbocycles. The Balaban J connectivity index is 1.16. The van der Waals surface area contributed by atoms with Crippen molar-refractivity contribution in [2.75, 3.05) is 13.7 Å². The van der Waals surface area contributed by atoms with Crippen LogP contribution in [0.3, 0.4) is 0 Å². The Kier molecular flexibility index (Phi) is 13.0. The van der Waals surface area contributed by atoms with Crippen LogP contribution in [-0.4, -0.2) is 42.5 Å². The second kappa shape index (κ2) is 19.0. The lowest BCUT2D eigenvalue weighted by molar-refractivity contribution is -0.199. The molecule has 6 atom stereocenters. The van der Waals surface area contributed by atoms with Crippen molar-refractivity contribution >= 4 is 22.9 Å². The Labute approximate surface area is 381 Å². The number of hydrogen-bond acceptors (Lipinski definition) is 9. The second-order valence-electron chi connectivity index (χ2n) is 18.9. The first-order valence-corrected chi connectivity index (χ1v) is 23.4. The highest BCUT2D eigenvalue weighted by Gasteiger charge is 2.57. The van der Waals surface area contributed by atoms with Crippen molar-refractivity contribution in [3.05, 3.63) is 169 Å². The molecule has 0 saturated heterocycles. The predicted octanol–water partition coefficient (Wildman–Crippen LogP) is 10.7. The Hall–Kier alpha value is -5.77. The van der Waals surface area contributed by atoms with Gasteiger partial charge in [0.1, 0.15) is 16.9 Å². The number of aryl methyl sites for hydroxylation is 1. The molecule has 1 aromatic heterocycles. The van der Waals surface area contributed by atoms with Crippen molar-refractivity contribution in [2.45, 2.75) is 121 Å². The number of aliphatic hydroxyl groups is 1. The average molecular weight is 877 g/mol. The van der Waals surface area contributed by atoms with Gasteiger partial charge in [-0.15, -0.1) is 0 Å². The number of hydrogen-bond donors (Lipinski definition) is 1. The number of aliphatic hydroxyl groups excluding tert-OH is 1. The molecule has 4 aromatic carbocycles. The molecule has 4 heterocycles. The van der Waals surface area contributed by atoms with Crippen LogP contribution < -0.4 is 10.4 Å². The number of allylic oxidation sites excluding steroid dienone is 3. The predicted molar refractivity (Wildman–Crippen MR) is 250 cm³/mol. The first kappa shape index (κ1) is 44.4. The number of carbonyl (C=O) groups is 2. The van der Waals surface area contributed by atoms with Crippen molar-refractivity contribution in [1.82, 2.24) is 0 Å². The van der Waals surface area contributed by atoms with Crippen LogP contribution in [0.25, 0.3) is 11.0 Å². The molecule has 2 aliphatic carbocycles. The highest BCUT2D eigenvalue weighted by Crippen LogP contribution is 2.53. The van der Waals surface area contributed by atoms with Crippen LogP contribution in [0.1, 0.15) is 128 Å². The SMILES string of the molecule is COCCc1c(CO)c2ccc3c(c2oc1=O)[C@H]1OC(=O)C[C@@H]2C[C@H](c4cccc(Cc5ccccc5)c4)C=C[C@H]2c2ccc(cc2)CCC(=C(C)C)C(=O)O[C@@H]1[C@](C)(C1CCCC1)O3. The fourth-order valence-corrected chi connectivity index (χ4v) is 11.1. The van der Waals surface area contributed by atoms with Crippen molar-refractivity contribution in [1.29, 1.82) is 0 Å². The fourth-order valence-electron chi connectivity index (χ4n) is 11.1. The maximum Gasteiger partial charge on any atom is 0.339 e. The maximum absolute atomic E-state index is 15.1. The van der Waals surface area contributed by atoms with Crippen LogP contribution in [0.4, 0.5) is 0 Å². The smallest absolute Gasteiger partial charge is 0.339 e. The molecule has 3 aliphatic heterocycles. The summed E-state index contributed by atoms with van der Waals surface area (Å²) in [5.74, 6) is -0.710. The normalized spacial score (nSPS) is 24.8. The summed E-state index contributed by atoms with van der Waals surface area (Å²) >= 11 is 0. The van der Waals surface area contributed by atoms with Crippen LogP contribution in [0.5, 0.6) is 5.75 Å². The highest BCUT2D eigenvalue weighted by atomic mass is 16.6. The van der Waals surface area contributed by atoms with Crippen molar-refractivity contribution in [3.8, 4) is 5.75 Å². The van der Waals surface area contributed by atoms with E-state index >= 15 is 4.79 Å². The Bertz CT molecular complexity index is 2670. The molecule has 10 rings (SSSR count). The second-order valence-corrected chi connectivity index (χ2v) is 18.9. The third-order valence-electron chi connectivity index (χ3n) is 14.7. The molecule has 0 amide bonds. The van der Waals surface area contributed by atoms with E-state index in [2.05, 4.69) is 84.9 Å². The van der Waals surface area contributed by atoms with E-state index in [0.29, 0.717) is 52.7 Å². The van der Waals surface area contributed by atoms with Gasteiger partial charge in [0, 0.05) is 54.2 Å². The van der Waals surface area contributed by atoms with Gasteiger partial charge >= 0.3 is 17.6 Å². The molecule has 1 fully saturated rings. The van der Waals surface area contributed by atoms with Gasteiger partial charge in [-0.3, -0.25) is 4.79 Å². The van der Waals surface area contributed by atoms with Gasteiger partial charge in [-0.1, -0.05) is 109 Å². The summed E-state index contributed by atoms with van der Waals surface area (Å²) in [4.78, 5) is 43.6. The average Bonchev–Trinajstić information content (AvgIpc) is 3.86. The molecule has 2 bridgehead atoms. The number of ether oxygens (including phenoxy) is 4. The van der Waals surface area contributed by atoms with Crippen molar-refractivity contribution in [2.24, 2.45) is 11.8 Å². The first-order chi connectivity index (χ1) is 31.5. The van der Waals surface area contributed by atoms with E-state index in [1.165, 1.54) is 16.7 Å². The molecular weight excluding hydrogens is 817 g/mol. The minimum absolute atomic E-state index is 0.0215. The summed E-state index contributed by atoms with van der Waals surface area (Å²) in [5, 5.41) is 11.3. The monoisotopic (exact) mass is 876 g/mol. The molecule has 9 nitrogen and oxygen atoms in total. The van der Waals surface area contributed by atoms with E-state index < -0.39 is 42.0 Å². The van der Waals surface area contributed by atoms with Gasteiger partial charge in [-0.25, -0.2) is 9.59 Å². The van der Waals surface area contributed by atoms with E-state index in [1.807, 2.05) is 26.8 Å². The topological polar surface area (TPSA) is 122 Å². The first-order valence-electron chi connectivity index (χ1n) is 23.4. The number of benzene rings is 4. The zero-order valence-corrected chi connectivity index (χ0v) is 38.0. The van der Waals surface area contributed by atoms with Crippen LogP contribution >= 0.6 is 0 Å². The van der Waals surface area contributed by atoms with Gasteiger partial charge in [0.15, 0.2) is 12.2 Å². The number of esters is 2. The lowest BCUT2D eigenvalue weighted by Gasteiger charge is -2.48. The molecular formula is C56H60O9. The molecule has 1 N–H and O–H groups in total. The summed E-state index contributed by atoms with van der Waals surface area (Å²) in [7, 11) is 1.55. The van der Waals surface area contributed by atoms with Gasteiger partial charge in [0.05, 0.1) is 18.8 Å². The molecule has 0 radical (unpaired) electrons. The van der Waals surface area contributed by atoms with Crippen LogP contribution in [0.2, 0.25) is 0 Å². The minimum atomic E-state index is -1.20. The van der Waals surface area contributed by atoms with Gasteiger partial charge < -0.3 is 28.5 Å². The summed E-state index contributed by atoms with van der Waals surface area (Å²) in [6.45, 7) is 5.63. The van der Waals surface area contributed by atoms with Crippen molar-refractivity contribution < 1.29 is 38.1 Å². The van der Waals surface area contributed by atoms with Gasteiger partial charge in [0.2, 0.25) is 0 Å². The number of fused-ring (bicyclic) bond motifs is 11. The van der Waals surface area contributed by atoms with Crippen molar-refractivity contribution in [3.63, 3.8) is 0 Å². The van der Waals surface area contributed by atoms with Gasteiger partial charge in [-0.05, 0) is 111 Å². The molecule has 0 unspecified atom stereocenters. The highest BCUT2D eigenvalue weighted by molar-refractivity contribution is 5.90. The van der Waals surface area contributed by atoms with E-state index in [-0.39, 0.29) is 48.7 Å². The zero-order chi connectivity index (χ0) is 45.2. The third-order valence-corrected chi connectivity index (χ3v) is 14.7. The van der Waals surface area contributed by atoms with E-state index in [4.69, 9.17) is 23.4 Å². The van der Waals surface area contributed by atoms with E-state index in [9.17, 15) is 14.7 Å². The van der Waals surface area contributed by atoms with E-state index in [0.717, 1.165) is 48.8 Å². The molecule has 338 valence electrons. The minimum Gasteiger partial charge on any atom is -0.483 e. The summed E-state index contributed by atoms with van der Waals surface area (Å²) < 4.78 is 32.1. The summed E-state index contributed by atoms with van der Waals surface area (Å²) in [6, 6.07) is 31.4. The van der Waals surface area contributed by atoms with Crippen LogP contribution in [0.15, 0.2) is 124 Å². The lowest BCUT2D eigenvalue weighted by atomic mass is 9.72. The maximum atomic E-state index is 15.1. The summed E-state index contributed by atoms with van der Waals surface area (Å²) in [5.41, 5.74) is 6.72. The number of methoxy groups -OCH3 is 1. The molecule has 65 heavy (non-hydrogen) atoms. The molecule has 0 spiro atoms.